The van der Waals surface area contributed by atoms with E-state index in [0.717, 1.165) is 24.5 Å². The van der Waals surface area contributed by atoms with E-state index >= 15 is 0 Å². The fourth-order valence-electron chi connectivity index (χ4n) is 1.62. The maximum atomic E-state index is 5.62. The minimum absolute atomic E-state index is 0.356. The first-order valence-corrected chi connectivity index (χ1v) is 4.63. The van der Waals surface area contributed by atoms with E-state index in [4.69, 9.17) is 10.5 Å². The highest BCUT2D eigenvalue weighted by Crippen LogP contribution is 2.32. The summed E-state index contributed by atoms with van der Waals surface area (Å²) in [5, 5.41) is 0. The Morgan fingerprint density at radius 3 is 3.31 bits per heavy atom. The van der Waals surface area contributed by atoms with Gasteiger partial charge >= 0.3 is 0 Å². The van der Waals surface area contributed by atoms with Crippen molar-refractivity contribution in [3.05, 3.63) is 23.5 Å². The molecule has 2 N–H and O–H groups in total. The lowest BCUT2D eigenvalue weighted by Gasteiger charge is -2.12. The van der Waals surface area contributed by atoms with Crippen molar-refractivity contribution >= 4 is 0 Å². The molecule has 1 aromatic heterocycles. The van der Waals surface area contributed by atoms with E-state index in [2.05, 4.69) is 11.9 Å². The molecule has 0 aliphatic carbocycles. The summed E-state index contributed by atoms with van der Waals surface area (Å²) in [6.45, 7) is 3.52. The molecule has 2 rings (SSSR count). The normalized spacial score (nSPS) is 16.5. The molecule has 0 fully saturated rings. The third-order valence-electron chi connectivity index (χ3n) is 2.48. The SMILES string of the molecule is CC(CN)c1ccnc2c1OCC2. The van der Waals surface area contributed by atoms with Crippen LogP contribution in [-0.2, 0) is 6.42 Å². The van der Waals surface area contributed by atoms with Crippen LogP contribution in [0, 0.1) is 0 Å². The van der Waals surface area contributed by atoms with Crippen LogP contribution < -0.4 is 10.5 Å². The van der Waals surface area contributed by atoms with Gasteiger partial charge in [-0.05, 0) is 18.5 Å². The molecule has 1 aliphatic rings. The fraction of sp³-hybridized carbons (Fsp3) is 0.500. The Labute approximate surface area is 77.9 Å². The van der Waals surface area contributed by atoms with Crippen LogP contribution in [0.3, 0.4) is 0 Å². The van der Waals surface area contributed by atoms with Crippen molar-refractivity contribution in [2.75, 3.05) is 13.2 Å². The summed E-state index contributed by atoms with van der Waals surface area (Å²) < 4.78 is 5.53. The molecule has 13 heavy (non-hydrogen) atoms. The van der Waals surface area contributed by atoms with Crippen LogP contribution in [0.15, 0.2) is 12.3 Å². The van der Waals surface area contributed by atoms with Gasteiger partial charge in [-0.15, -0.1) is 0 Å². The van der Waals surface area contributed by atoms with Crippen molar-refractivity contribution in [2.45, 2.75) is 19.3 Å². The van der Waals surface area contributed by atoms with Crippen LogP contribution in [-0.4, -0.2) is 18.1 Å². The second-order valence-electron chi connectivity index (χ2n) is 3.41. The smallest absolute Gasteiger partial charge is 0.144 e. The Kier molecular flexibility index (Phi) is 2.19. The monoisotopic (exact) mass is 178 g/mol. The van der Waals surface area contributed by atoms with Crippen molar-refractivity contribution in [1.82, 2.24) is 4.98 Å². The third kappa shape index (κ3) is 1.40. The van der Waals surface area contributed by atoms with Crippen molar-refractivity contribution in [2.24, 2.45) is 5.73 Å². The van der Waals surface area contributed by atoms with Gasteiger partial charge in [0.05, 0.1) is 12.3 Å². The number of hydrogen-bond acceptors (Lipinski definition) is 3. The topological polar surface area (TPSA) is 48.1 Å². The minimum Gasteiger partial charge on any atom is -0.491 e. The highest BCUT2D eigenvalue weighted by molar-refractivity contribution is 5.41. The molecule has 2 heterocycles. The van der Waals surface area contributed by atoms with Gasteiger partial charge in [0, 0.05) is 18.2 Å². The molecule has 1 aliphatic heterocycles. The van der Waals surface area contributed by atoms with Gasteiger partial charge in [0.1, 0.15) is 5.75 Å². The Hall–Kier alpha value is -1.09. The van der Waals surface area contributed by atoms with E-state index in [9.17, 15) is 0 Å². The van der Waals surface area contributed by atoms with Gasteiger partial charge in [0.2, 0.25) is 0 Å². The van der Waals surface area contributed by atoms with Crippen molar-refractivity contribution in [1.29, 1.82) is 0 Å². The number of nitrogens with zero attached hydrogens (tertiary/aromatic N) is 1. The molecule has 70 valence electrons. The number of pyridine rings is 1. The zero-order chi connectivity index (χ0) is 9.26. The molecule has 0 radical (unpaired) electrons. The highest BCUT2D eigenvalue weighted by atomic mass is 16.5. The summed E-state index contributed by atoms with van der Waals surface area (Å²) in [6.07, 6.45) is 2.77. The molecular formula is C10H14N2O. The van der Waals surface area contributed by atoms with Gasteiger partial charge in [-0.3, -0.25) is 4.98 Å². The lowest BCUT2D eigenvalue weighted by atomic mass is 10.0. The Morgan fingerprint density at radius 1 is 1.69 bits per heavy atom. The molecule has 0 amide bonds. The van der Waals surface area contributed by atoms with Gasteiger partial charge in [0.15, 0.2) is 0 Å². The summed E-state index contributed by atoms with van der Waals surface area (Å²) >= 11 is 0. The summed E-state index contributed by atoms with van der Waals surface area (Å²) in [5.74, 6) is 1.33. The molecule has 3 heteroatoms. The van der Waals surface area contributed by atoms with E-state index < -0.39 is 0 Å². The van der Waals surface area contributed by atoms with Gasteiger partial charge in [-0.2, -0.15) is 0 Å². The molecule has 0 spiro atoms. The van der Waals surface area contributed by atoms with E-state index in [-0.39, 0.29) is 0 Å². The van der Waals surface area contributed by atoms with E-state index in [0.29, 0.717) is 12.5 Å². The first-order valence-electron chi connectivity index (χ1n) is 4.63. The zero-order valence-electron chi connectivity index (χ0n) is 7.79. The van der Waals surface area contributed by atoms with Crippen molar-refractivity contribution in [3.63, 3.8) is 0 Å². The lowest BCUT2D eigenvalue weighted by Crippen LogP contribution is -2.10. The van der Waals surface area contributed by atoms with E-state index in [1.807, 2.05) is 12.3 Å². The zero-order valence-corrected chi connectivity index (χ0v) is 7.79. The summed E-state index contributed by atoms with van der Waals surface area (Å²) in [4.78, 5) is 4.27. The largest absolute Gasteiger partial charge is 0.491 e. The maximum absolute atomic E-state index is 5.62. The average molecular weight is 178 g/mol. The molecule has 0 saturated carbocycles. The van der Waals surface area contributed by atoms with Crippen molar-refractivity contribution < 1.29 is 4.74 Å². The van der Waals surface area contributed by atoms with Crippen LogP contribution in [0.25, 0.3) is 0 Å². The fourth-order valence-corrected chi connectivity index (χ4v) is 1.62. The number of hydrogen-bond donors (Lipinski definition) is 1. The molecule has 0 aromatic carbocycles. The maximum Gasteiger partial charge on any atom is 0.144 e. The first kappa shape index (κ1) is 8.51. The minimum atomic E-state index is 0.356. The van der Waals surface area contributed by atoms with E-state index in [1.165, 1.54) is 5.56 Å². The van der Waals surface area contributed by atoms with E-state index in [1.54, 1.807) is 0 Å². The lowest BCUT2D eigenvalue weighted by molar-refractivity contribution is 0.351. The van der Waals surface area contributed by atoms with Gasteiger partial charge < -0.3 is 10.5 Å². The number of rotatable bonds is 2. The molecule has 0 bridgehead atoms. The number of nitrogens with two attached hydrogens (primary N) is 1. The quantitative estimate of drug-likeness (QED) is 0.737. The summed E-state index contributed by atoms with van der Waals surface area (Å²) in [6, 6.07) is 2.00. The molecule has 1 atom stereocenters. The first-order chi connectivity index (χ1) is 6.33. The van der Waals surface area contributed by atoms with Crippen LogP contribution >= 0.6 is 0 Å². The Balaban J connectivity index is 2.41. The Bertz CT molecular complexity index is 312. The molecular weight excluding hydrogens is 164 g/mol. The molecule has 0 saturated heterocycles. The standard InChI is InChI=1S/C10H14N2O/c1-7(6-11)8-2-4-12-9-3-5-13-10(8)9/h2,4,7H,3,5-6,11H2,1H3. The van der Waals surface area contributed by atoms with Crippen molar-refractivity contribution in [3.8, 4) is 5.75 Å². The summed E-state index contributed by atoms with van der Waals surface area (Å²) in [5.41, 5.74) is 7.90. The van der Waals surface area contributed by atoms with Crippen LogP contribution in [0.1, 0.15) is 24.1 Å². The van der Waals surface area contributed by atoms with Gasteiger partial charge in [-0.1, -0.05) is 6.92 Å². The highest BCUT2D eigenvalue weighted by Gasteiger charge is 2.19. The third-order valence-corrected chi connectivity index (χ3v) is 2.48. The number of aromatic nitrogens is 1. The average Bonchev–Trinajstić information content (AvgIpc) is 2.63. The number of fused-ring (bicyclic) bond motifs is 1. The second kappa shape index (κ2) is 3.34. The number of ether oxygens (including phenoxy) is 1. The predicted octanol–water partition coefficient (Wildman–Crippen LogP) is 1.08. The van der Waals surface area contributed by atoms with Gasteiger partial charge in [0.25, 0.3) is 0 Å². The molecule has 1 unspecified atom stereocenters. The van der Waals surface area contributed by atoms with Gasteiger partial charge in [-0.25, -0.2) is 0 Å². The Morgan fingerprint density at radius 2 is 2.54 bits per heavy atom. The summed E-state index contributed by atoms with van der Waals surface area (Å²) in [7, 11) is 0. The molecule has 3 nitrogen and oxygen atoms in total. The van der Waals surface area contributed by atoms with Crippen LogP contribution in [0.5, 0.6) is 5.75 Å². The second-order valence-corrected chi connectivity index (χ2v) is 3.41. The molecule has 1 aromatic rings. The predicted molar refractivity (Wildman–Crippen MR) is 50.9 cm³/mol. The van der Waals surface area contributed by atoms with Crippen LogP contribution in [0.4, 0.5) is 0 Å². The van der Waals surface area contributed by atoms with Crippen LogP contribution in [0.2, 0.25) is 0 Å².